The lowest BCUT2D eigenvalue weighted by Crippen LogP contribution is -2.53. The van der Waals surface area contributed by atoms with Crippen LogP contribution < -0.4 is 5.32 Å². The molecule has 3 rings (SSSR count). The van der Waals surface area contributed by atoms with E-state index >= 15 is 0 Å². The lowest BCUT2D eigenvalue weighted by Gasteiger charge is -2.27. The summed E-state index contributed by atoms with van der Waals surface area (Å²) in [5, 5.41) is 6.30. The Morgan fingerprint density at radius 1 is 1.29 bits per heavy atom. The zero-order valence-electron chi connectivity index (χ0n) is 15.9. The van der Waals surface area contributed by atoms with Crippen molar-refractivity contribution < 1.29 is 22.8 Å². The molecule has 0 spiro atoms. The van der Waals surface area contributed by atoms with Crippen LogP contribution in [0, 0.1) is 0 Å². The summed E-state index contributed by atoms with van der Waals surface area (Å²) in [5.74, 6) is -1.72. The number of aryl methyl sites for hydroxylation is 1. The van der Waals surface area contributed by atoms with Gasteiger partial charge in [0.2, 0.25) is 0 Å². The van der Waals surface area contributed by atoms with Crippen LogP contribution in [0.1, 0.15) is 11.3 Å². The molecule has 1 fully saturated rings. The molecule has 0 bridgehead atoms. The Hall–Kier alpha value is -2.63. The molecule has 2 aromatic rings. The molecule has 162 valence electrons. The van der Waals surface area contributed by atoms with Gasteiger partial charge >= 0.3 is 6.18 Å². The van der Waals surface area contributed by atoms with Crippen molar-refractivity contribution in [2.45, 2.75) is 16.1 Å². The molecule has 0 aliphatic carbocycles. The fraction of sp³-hybridized carbons (Fsp3) is 0.158. The summed E-state index contributed by atoms with van der Waals surface area (Å²) < 4.78 is 42.1. The number of thiocarbonyl (C=S) groups is 1. The van der Waals surface area contributed by atoms with Gasteiger partial charge in [-0.3, -0.25) is 24.5 Å². The van der Waals surface area contributed by atoms with E-state index in [9.17, 15) is 22.8 Å². The second kappa shape index (κ2) is 8.85. The fourth-order valence-corrected chi connectivity index (χ4v) is 4.04. The second-order valence-electron chi connectivity index (χ2n) is 6.27. The summed E-state index contributed by atoms with van der Waals surface area (Å²) in [7, 11) is 1.34. The van der Waals surface area contributed by atoms with E-state index < -0.39 is 34.8 Å². The second-order valence-corrected chi connectivity index (χ2v) is 8.15. The maximum absolute atomic E-state index is 13.7. The molecule has 0 radical (unpaired) electrons. The predicted molar refractivity (Wildman–Crippen MR) is 114 cm³/mol. The smallest absolute Gasteiger partial charge is 0.298 e. The molecular weight excluding hydrogens is 473 g/mol. The minimum absolute atomic E-state index is 0.0131. The highest BCUT2D eigenvalue weighted by Crippen LogP contribution is 2.40. The molecule has 1 N–H and O–H groups in total. The predicted octanol–water partition coefficient (Wildman–Crippen LogP) is 4.06. The van der Waals surface area contributed by atoms with Crippen molar-refractivity contribution in [3.63, 3.8) is 0 Å². The number of hydrogen-bond acceptors (Lipinski definition) is 5. The Bertz CT molecular complexity index is 1110. The van der Waals surface area contributed by atoms with Crippen LogP contribution in [0.3, 0.4) is 0 Å². The van der Waals surface area contributed by atoms with Crippen LogP contribution in [0.15, 0.2) is 52.4 Å². The van der Waals surface area contributed by atoms with Gasteiger partial charge in [-0.25, -0.2) is 0 Å². The summed E-state index contributed by atoms with van der Waals surface area (Å²) in [5.41, 5.74) is -2.12. The number of aromatic nitrogens is 2. The molecule has 31 heavy (non-hydrogen) atoms. The van der Waals surface area contributed by atoms with Gasteiger partial charge in [0.25, 0.3) is 11.8 Å². The third-order valence-electron chi connectivity index (χ3n) is 4.11. The van der Waals surface area contributed by atoms with Crippen molar-refractivity contribution >= 4 is 58.6 Å². The fourth-order valence-electron chi connectivity index (χ4n) is 2.73. The number of alkyl halides is 3. The molecule has 0 unspecified atom stereocenters. The average molecular weight is 487 g/mol. The molecule has 2 amide bonds. The van der Waals surface area contributed by atoms with E-state index in [-0.39, 0.29) is 16.7 Å². The number of benzene rings is 1. The molecule has 6 nitrogen and oxygen atoms in total. The number of carbonyl (C=O) groups excluding carboxylic acids is 2. The van der Waals surface area contributed by atoms with Crippen LogP contribution in [0.25, 0.3) is 6.08 Å². The lowest BCUT2D eigenvalue weighted by molar-refractivity contribution is -0.141. The van der Waals surface area contributed by atoms with Crippen molar-refractivity contribution in [1.82, 2.24) is 20.0 Å². The Morgan fingerprint density at radius 3 is 2.52 bits per heavy atom. The number of carbonyl (C=O) groups is 2. The highest BCUT2D eigenvalue weighted by Gasteiger charge is 2.40. The van der Waals surface area contributed by atoms with E-state index in [1.165, 1.54) is 13.1 Å². The van der Waals surface area contributed by atoms with Crippen LogP contribution in [0.2, 0.25) is 5.02 Å². The summed E-state index contributed by atoms with van der Waals surface area (Å²) in [6.07, 6.45) is -2.54. The number of rotatable bonds is 5. The maximum Gasteiger partial charge on any atom is 0.435 e. The molecule has 0 saturated carbocycles. The van der Waals surface area contributed by atoms with Gasteiger partial charge in [-0.2, -0.15) is 18.3 Å². The SMILES string of the molecule is C=CCN1C(=O)C(=Cc2c(C(F)(F)F)nn(C)c2Sc2ccc(Cl)cc2)C(=O)NC1=S. The van der Waals surface area contributed by atoms with Crippen molar-refractivity contribution in [3.05, 3.63) is 58.8 Å². The van der Waals surface area contributed by atoms with Gasteiger partial charge in [-0.15, -0.1) is 6.58 Å². The first-order valence-electron chi connectivity index (χ1n) is 8.60. The summed E-state index contributed by atoms with van der Waals surface area (Å²) in [4.78, 5) is 26.7. The van der Waals surface area contributed by atoms with Crippen LogP contribution >= 0.6 is 35.6 Å². The summed E-state index contributed by atoms with van der Waals surface area (Å²) in [6, 6.07) is 6.45. The molecule has 1 aromatic carbocycles. The van der Waals surface area contributed by atoms with Gasteiger partial charge in [-0.05, 0) is 42.6 Å². The van der Waals surface area contributed by atoms with Crippen LogP contribution in [0.5, 0.6) is 0 Å². The molecule has 1 saturated heterocycles. The van der Waals surface area contributed by atoms with Gasteiger partial charge in [0.15, 0.2) is 10.8 Å². The number of nitrogens with one attached hydrogen (secondary N) is 1. The number of amides is 2. The lowest BCUT2D eigenvalue weighted by atomic mass is 10.1. The Kier molecular flexibility index (Phi) is 6.58. The van der Waals surface area contributed by atoms with Gasteiger partial charge in [0.1, 0.15) is 10.6 Å². The summed E-state index contributed by atoms with van der Waals surface area (Å²) >= 11 is 11.8. The topological polar surface area (TPSA) is 67.2 Å². The zero-order valence-corrected chi connectivity index (χ0v) is 18.3. The monoisotopic (exact) mass is 486 g/mol. The van der Waals surface area contributed by atoms with E-state index in [1.807, 2.05) is 0 Å². The minimum Gasteiger partial charge on any atom is -0.298 e. The van der Waals surface area contributed by atoms with Gasteiger partial charge in [-0.1, -0.05) is 29.4 Å². The minimum atomic E-state index is -4.81. The van der Waals surface area contributed by atoms with Crippen molar-refractivity contribution in [3.8, 4) is 0 Å². The van der Waals surface area contributed by atoms with E-state index in [0.29, 0.717) is 9.92 Å². The van der Waals surface area contributed by atoms with Crippen molar-refractivity contribution in [2.75, 3.05) is 6.54 Å². The molecule has 1 aliphatic heterocycles. The quantitative estimate of drug-likeness (QED) is 0.299. The first kappa shape index (κ1) is 23.0. The van der Waals surface area contributed by atoms with E-state index in [2.05, 4.69) is 17.0 Å². The molecule has 1 aromatic heterocycles. The normalized spacial score (nSPS) is 16.1. The van der Waals surface area contributed by atoms with E-state index in [0.717, 1.165) is 27.4 Å². The first-order valence-corrected chi connectivity index (χ1v) is 10.2. The Labute approximate surface area is 189 Å². The molecular formula is C19H14ClF3N4O2S2. The number of halogens is 4. The maximum atomic E-state index is 13.7. The molecule has 2 heterocycles. The van der Waals surface area contributed by atoms with E-state index in [4.69, 9.17) is 23.8 Å². The number of hydrogen-bond donors (Lipinski definition) is 1. The van der Waals surface area contributed by atoms with E-state index in [1.54, 1.807) is 24.3 Å². The summed E-state index contributed by atoms with van der Waals surface area (Å²) in [6.45, 7) is 3.50. The molecule has 12 heteroatoms. The van der Waals surface area contributed by atoms with Crippen LogP contribution in [0.4, 0.5) is 13.2 Å². The van der Waals surface area contributed by atoms with Crippen LogP contribution in [-0.2, 0) is 22.8 Å². The van der Waals surface area contributed by atoms with Gasteiger partial charge < -0.3 is 0 Å². The largest absolute Gasteiger partial charge is 0.435 e. The highest BCUT2D eigenvalue weighted by molar-refractivity contribution is 7.99. The standard InChI is InChI=1S/C19H14ClF3N4O2S2/c1-3-8-27-16(29)13(15(28)24-18(27)30)9-12-14(19(21,22)23)25-26(2)17(12)31-11-6-4-10(20)5-7-11/h3-7,9H,1,8H2,2H3,(H,24,28,30). The van der Waals surface area contributed by atoms with Gasteiger partial charge in [0.05, 0.1) is 0 Å². The Morgan fingerprint density at radius 2 is 1.94 bits per heavy atom. The average Bonchev–Trinajstić information content (AvgIpc) is 3.00. The zero-order chi connectivity index (χ0) is 22.9. The highest BCUT2D eigenvalue weighted by atomic mass is 35.5. The molecule has 0 atom stereocenters. The van der Waals surface area contributed by atoms with Crippen molar-refractivity contribution in [1.29, 1.82) is 0 Å². The third-order valence-corrected chi connectivity index (χ3v) is 5.87. The van der Waals surface area contributed by atoms with Crippen LogP contribution in [-0.4, -0.2) is 38.2 Å². The third kappa shape index (κ3) is 4.83. The number of nitrogens with zero attached hydrogens (tertiary/aromatic N) is 3. The molecule has 1 aliphatic rings. The van der Waals surface area contributed by atoms with Crippen molar-refractivity contribution in [2.24, 2.45) is 7.05 Å². The first-order chi connectivity index (χ1) is 14.5. The van der Waals surface area contributed by atoms with Gasteiger partial charge in [0, 0.05) is 29.1 Å². The Balaban J connectivity index is 2.14.